The van der Waals surface area contributed by atoms with Gasteiger partial charge in [-0.05, 0) is 43.7 Å². The van der Waals surface area contributed by atoms with Crippen molar-refractivity contribution in [2.24, 2.45) is 0 Å². The molecule has 0 saturated heterocycles. The molecule has 0 aliphatic carbocycles. The number of carbonyl (C=O) groups excluding carboxylic acids is 1. The summed E-state index contributed by atoms with van der Waals surface area (Å²) >= 11 is 0. The Labute approximate surface area is 163 Å². The van der Waals surface area contributed by atoms with Crippen molar-refractivity contribution in [3.63, 3.8) is 0 Å². The van der Waals surface area contributed by atoms with Gasteiger partial charge in [0.2, 0.25) is 5.95 Å². The third-order valence-corrected chi connectivity index (χ3v) is 4.78. The number of aryl methyl sites for hydroxylation is 1. The van der Waals surface area contributed by atoms with Crippen molar-refractivity contribution < 1.29 is 9.53 Å². The minimum atomic E-state index is -0.393. The Bertz CT molecular complexity index is 1040. The Morgan fingerprint density at radius 2 is 1.82 bits per heavy atom. The smallest absolute Gasteiger partial charge is 0.255 e. The van der Waals surface area contributed by atoms with Crippen LogP contribution in [-0.2, 0) is 4.79 Å². The molecule has 0 radical (unpaired) electrons. The lowest BCUT2D eigenvalue weighted by atomic mass is 9.95. The maximum Gasteiger partial charge on any atom is 0.255 e. The lowest BCUT2D eigenvalue weighted by Crippen LogP contribution is -2.31. The van der Waals surface area contributed by atoms with Crippen molar-refractivity contribution in [2.45, 2.75) is 19.9 Å². The molecule has 1 aliphatic rings. The summed E-state index contributed by atoms with van der Waals surface area (Å²) in [5.41, 5.74) is 4.13. The first-order valence-corrected chi connectivity index (χ1v) is 8.96. The Balaban J connectivity index is 1.73. The molecule has 28 heavy (non-hydrogen) atoms. The first-order valence-electron chi connectivity index (χ1n) is 8.96. The summed E-state index contributed by atoms with van der Waals surface area (Å²) in [5, 5.41) is 10.5. The fourth-order valence-corrected chi connectivity index (χ4v) is 3.31. The molecule has 7 heteroatoms. The molecule has 0 bridgehead atoms. The molecule has 4 rings (SSSR count). The van der Waals surface area contributed by atoms with Gasteiger partial charge in [0, 0.05) is 11.4 Å². The molecule has 2 heterocycles. The summed E-state index contributed by atoms with van der Waals surface area (Å²) in [5.74, 6) is 1.17. The molecule has 3 aromatic rings. The number of nitrogens with zero attached hydrogens (tertiary/aromatic N) is 3. The Morgan fingerprint density at radius 1 is 1.11 bits per heavy atom. The molecule has 2 aromatic carbocycles. The summed E-state index contributed by atoms with van der Waals surface area (Å²) in [6.07, 6.45) is 1.48. The number of anilines is 2. The van der Waals surface area contributed by atoms with E-state index in [4.69, 9.17) is 4.74 Å². The molecule has 7 nitrogen and oxygen atoms in total. The molecule has 142 valence electrons. The molecular formula is C21H21N5O2. The van der Waals surface area contributed by atoms with Gasteiger partial charge in [0.1, 0.15) is 18.1 Å². The van der Waals surface area contributed by atoms with Gasteiger partial charge in [-0.25, -0.2) is 4.68 Å². The highest BCUT2D eigenvalue weighted by molar-refractivity contribution is 6.06. The third-order valence-electron chi connectivity index (χ3n) is 4.78. The van der Waals surface area contributed by atoms with Gasteiger partial charge in [-0.1, -0.05) is 29.8 Å². The molecule has 2 N–H and O–H groups in total. The minimum Gasteiger partial charge on any atom is -0.497 e. The highest BCUT2D eigenvalue weighted by Gasteiger charge is 2.33. The third kappa shape index (κ3) is 3.22. The van der Waals surface area contributed by atoms with E-state index < -0.39 is 6.04 Å². The maximum atomic E-state index is 13.2. The largest absolute Gasteiger partial charge is 0.497 e. The zero-order valence-corrected chi connectivity index (χ0v) is 15.9. The van der Waals surface area contributed by atoms with E-state index in [0.29, 0.717) is 11.5 Å². The van der Waals surface area contributed by atoms with Crippen LogP contribution in [0.4, 0.5) is 11.6 Å². The van der Waals surface area contributed by atoms with Gasteiger partial charge in [-0.15, -0.1) is 0 Å². The van der Waals surface area contributed by atoms with Gasteiger partial charge >= 0.3 is 0 Å². The van der Waals surface area contributed by atoms with E-state index in [2.05, 4.69) is 20.7 Å². The normalized spacial score (nSPS) is 15.6. The van der Waals surface area contributed by atoms with E-state index in [1.54, 1.807) is 11.8 Å². The topological polar surface area (TPSA) is 81.1 Å². The monoisotopic (exact) mass is 375 g/mol. The van der Waals surface area contributed by atoms with Crippen molar-refractivity contribution in [1.29, 1.82) is 0 Å². The fraction of sp³-hybridized carbons (Fsp3) is 0.190. The highest BCUT2D eigenvalue weighted by atomic mass is 16.5. The van der Waals surface area contributed by atoms with Crippen molar-refractivity contribution >= 4 is 17.5 Å². The number of amides is 1. The molecule has 0 unspecified atom stereocenters. The van der Waals surface area contributed by atoms with Crippen LogP contribution in [0.1, 0.15) is 24.1 Å². The quantitative estimate of drug-likeness (QED) is 0.729. The number of hydrogen-bond donors (Lipinski definition) is 2. The molecule has 1 aromatic heterocycles. The van der Waals surface area contributed by atoms with Crippen LogP contribution >= 0.6 is 0 Å². The minimum absolute atomic E-state index is 0.184. The van der Waals surface area contributed by atoms with Crippen molar-refractivity contribution in [1.82, 2.24) is 14.8 Å². The number of carbonyl (C=O) groups is 1. The van der Waals surface area contributed by atoms with Gasteiger partial charge in [0.15, 0.2) is 0 Å². The van der Waals surface area contributed by atoms with E-state index in [0.717, 1.165) is 28.3 Å². The zero-order chi connectivity index (χ0) is 19.7. The van der Waals surface area contributed by atoms with E-state index in [-0.39, 0.29) is 5.91 Å². The second-order valence-electron chi connectivity index (χ2n) is 6.69. The summed E-state index contributed by atoms with van der Waals surface area (Å²) in [6.45, 7) is 3.88. The average molecular weight is 375 g/mol. The molecule has 1 amide bonds. The molecule has 1 aliphatic heterocycles. The van der Waals surface area contributed by atoms with E-state index >= 15 is 0 Å². The number of benzene rings is 2. The van der Waals surface area contributed by atoms with Gasteiger partial charge < -0.3 is 15.4 Å². The van der Waals surface area contributed by atoms with Gasteiger partial charge in [0.05, 0.1) is 12.7 Å². The summed E-state index contributed by atoms with van der Waals surface area (Å²) in [7, 11) is 1.62. The first-order chi connectivity index (χ1) is 13.6. The number of methoxy groups -OCH3 is 1. The Morgan fingerprint density at radius 3 is 2.50 bits per heavy atom. The summed E-state index contributed by atoms with van der Waals surface area (Å²) in [4.78, 5) is 17.5. The Kier molecular flexibility index (Phi) is 4.57. The van der Waals surface area contributed by atoms with Crippen LogP contribution in [-0.4, -0.2) is 27.8 Å². The molecular weight excluding hydrogens is 354 g/mol. The fourth-order valence-electron chi connectivity index (χ4n) is 3.31. The SMILES string of the molecule is COc1ccc([C@H]2C(C(=O)Nc3ccc(C)cc3)=C(C)Nc3ncnn32)cc1. The number of hydrogen-bond acceptors (Lipinski definition) is 5. The van der Waals surface area contributed by atoms with Crippen LogP contribution in [0, 0.1) is 6.92 Å². The first kappa shape index (κ1) is 17.8. The van der Waals surface area contributed by atoms with E-state index in [9.17, 15) is 4.79 Å². The predicted octanol–water partition coefficient (Wildman–Crippen LogP) is 3.52. The number of aromatic nitrogens is 3. The van der Waals surface area contributed by atoms with Gasteiger partial charge in [0.25, 0.3) is 5.91 Å². The average Bonchev–Trinajstić information content (AvgIpc) is 3.16. The summed E-state index contributed by atoms with van der Waals surface area (Å²) in [6, 6.07) is 14.9. The van der Waals surface area contributed by atoms with Crippen LogP contribution in [0.5, 0.6) is 5.75 Å². The second-order valence-corrected chi connectivity index (χ2v) is 6.69. The standard InChI is InChI=1S/C21H21N5O2/c1-13-4-8-16(9-5-13)25-20(27)18-14(2)24-21-22-12-23-26(21)19(18)15-6-10-17(28-3)11-7-15/h4-12,19H,1-3H3,(H,25,27)(H,22,23,24)/t19-/m0/s1. The van der Waals surface area contributed by atoms with Crippen LogP contribution in [0.3, 0.4) is 0 Å². The zero-order valence-electron chi connectivity index (χ0n) is 15.9. The van der Waals surface area contributed by atoms with Crippen molar-refractivity contribution in [3.05, 3.63) is 77.3 Å². The van der Waals surface area contributed by atoms with Crippen molar-refractivity contribution in [2.75, 3.05) is 17.7 Å². The number of ether oxygens (including phenoxy) is 1. The molecule has 0 fully saturated rings. The lowest BCUT2D eigenvalue weighted by Gasteiger charge is -2.28. The lowest BCUT2D eigenvalue weighted by molar-refractivity contribution is -0.113. The van der Waals surface area contributed by atoms with E-state index in [1.165, 1.54) is 6.33 Å². The second kappa shape index (κ2) is 7.19. The molecule has 0 saturated carbocycles. The van der Waals surface area contributed by atoms with Crippen LogP contribution in [0.15, 0.2) is 66.1 Å². The maximum absolute atomic E-state index is 13.2. The highest BCUT2D eigenvalue weighted by Crippen LogP contribution is 2.35. The number of nitrogens with one attached hydrogen (secondary N) is 2. The number of fused-ring (bicyclic) bond motifs is 1. The van der Waals surface area contributed by atoms with Crippen LogP contribution < -0.4 is 15.4 Å². The molecule has 1 atom stereocenters. The van der Waals surface area contributed by atoms with Crippen LogP contribution in [0.25, 0.3) is 0 Å². The van der Waals surface area contributed by atoms with Crippen molar-refractivity contribution in [3.8, 4) is 5.75 Å². The van der Waals surface area contributed by atoms with Crippen LogP contribution in [0.2, 0.25) is 0 Å². The number of allylic oxidation sites excluding steroid dienone is 1. The van der Waals surface area contributed by atoms with Gasteiger partial charge in [-0.2, -0.15) is 10.1 Å². The molecule has 0 spiro atoms. The van der Waals surface area contributed by atoms with E-state index in [1.807, 2.05) is 62.4 Å². The summed E-state index contributed by atoms with van der Waals surface area (Å²) < 4.78 is 6.98. The predicted molar refractivity (Wildman–Crippen MR) is 107 cm³/mol. The Hall–Kier alpha value is -3.61. The van der Waals surface area contributed by atoms with Gasteiger partial charge in [-0.3, -0.25) is 4.79 Å². The number of rotatable bonds is 4.